The second kappa shape index (κ2) is 8.52. The summed E-state index contributed by atoms with van der Waals surface area (Å²) in [6.45, 7) is 6.13. The molecule has 130 valence electrons. The minimum Gasteiger partial charge on any atom is -0.372 e. The Morgan fingerprint density at radius 1 is 1.20 bits per heavy atom. The first-order valence-corrected chi connectivity index (χ1v) is 7.96. The number of hydrogen-bond donors (Lipinski definition) is 4. The summed E-state index contributed by atoms with van der Waals surface area (Å²) in [5, 5.41) is 17.8. The van der Waals surface area contributed by atoms with E-state index in [0.29, 0.717) is 11.4 Å². The van der Waals surface area contributed by atoms with Crippen molar-refractivity contribution in [1.29, 1.82) is 10.7 Å². The highest BCUT2D eigenvalue weighted by Crippen LogP contribution is 2.17. The van der Waals surface area contributed by atoms with Gasteiger partial charge in [-0.25, -0.2) is 9.99 Å². The number of pyridine rings is 1. The van der Waals surface area contributed by atoms with Crippen LogP contribution in [0.3, 0.4) is 0 Å². The number of nitriles is 1. The Hall–Kier alpha value is -3.31. The van der Waals surface area contributed by atoms with Gasteiger partial charge in [-0.05, 0) is 50.2 Å². The summed E-state index contributed by atoms with van der Waals surface area (Å²) < 4.78 is 0. The predicted molar refractivity (Wildman–Crippen MR) is 100 cm³/mol. The molecule has 0 saturated carbocycles. The van der Waals surface area contributed by atoms with Crippen LogP contribution in [-0.4, -0.2) is 24.0 Å². The van der Waals surface area contributed by atoms with Crippen molar-refractivity contribution in [2.24, 2.45) is 5.73 Å². The number of nitrogens with one attached hydrogen (secondary N) is 3. The number of rotatable bonds is 7. The fraction of sp³-hybridized carbons (Fsp3) is 0.235. The van der Waals surface area contributed by atoms with E-state index in [-0.39, 0.29) is 5.96 Å². The van der Waals surface area contributed by atoms with Crippen LogP contribution in [0.5, 0.6) is 0 Å². The standard InChI is InChI=1S/C17H22N8/c1-3-24(4-2)15-8-6-14(7-9-15)22-23-25(17(19)20)16-10-5-13(11-18)12-21-16/h5-10,12,22-23H,3-4H2,1-2H3,(H3,19,20). The molecule has 1 aromatic heterocycles. The third-order valence-electron chi connectivity index (χ3n) is 3.65. The fourth-order valence-corrected chi connectivity index (χ4v) is 2.29. The monoisotopic (exact) mass is 338 g/mol. The topological polar surface area (TPSA) is 117 Å². The van der Waals surface area contributed by atoms with Gasteiger partial charge in [0.05, 0.1) is 11.3 Å². The molecule has 0 aliphatic carbocycles. The largest absolute Gasteiger partial charge is 0.372 e. The number of aromatic nitrogens is 1. The first kappa shape index (κ1) is 18.0. The third kappa shape index (κ3) is 4.59. The molecule has 0 amide bonds. The fourth-order valence-electron chi connectivity index (χ4n) is 2.29. The lowest BCUT2D eigenvalue weighted by molar-refractivity contribution is 0.814. The smallest absolute Gasteiger partial charge is 0.210 e. The Labute approximate surface area is 147 Å². The molecule has 0 spiro atoms. The number of hydrazine groups is 2. The molecule has 2 rings (SSSR count). The third-order valence-corrected chi connectivity index (χ3v) is 3.65. The van der Waals surface area contributed by atoms with Gasteiger partial charge in [-0.1, -0.05) is 0 Å². The maximum Gasteiger partial charge on any atom is 0.210 e. The van der Waals surface area contributed by atoms with Crippen LogP contribution >= 0.6 is 0 Å². The van der Waals surface area contributed by atoms with Gasteiger partial charge in [0.1, 0.15) is 6.07 Å². The second-order valence-corrected chi connectivity index (χ2v) is 5.19. The molecule has 8 nitrogen and oxygen atoms in total. The van der Waals surface area contributed by atoms with Crippen molar-refractivity contribution in [2.75, 3.05) is 28.4 Å². The lowest BCUT2D eigenvalue weighted by atomic mass is 10.2. The van der Waals surface area contributed by atoms with E-state index in [1.165, 1.54) is 11.2 Å². The van der Waals surface area contributed by atoms with Crippen molar-refractivity contribution < 1.29 is 0 Å². The van der Waals surface area contributed by atoms with Gasteiger partial charge >= 0.3 is 0 Å². The van der Waals surface area contributed by atoms with Crippen LogP contribution < -0.4 is 26.6 Å². The molecule has 0 atom stereocenters. The van der Waals surface area contributed by atoms with Crippen LogP contribution in [0.1, 0.15) is 19.4 Å². The Balaban J connectivity index is 2.06. The normalized spacial score (nSPS) is 9.96. The SMILES string of the molecule is CCN(CC)c1ccc(NNN(C(=N)N)c2ccc(C#N)cn2)cc1. The Morgan fingerprint density at radius 2 is 1.88 bits per heavy atom. The summed E-state index contributed by atoms with van der Waals surface area (Å²) in [4.78, 5) is 6.37. The zero-order chi connectivity index (χ0) is 18.2. The van der Waals surface area contributed by atoms with Crippen LogP contribution in [0.4, 0.5) is 17.2 Å². The maximum atomic E-state index is 8.82. The molecular formula is C17H22N8. The summed E-state index contributed by atoms with van der Waals surface area (Å²) in [5.41, 5.74) is 13.8. The number of nitrogens with two attached hydrogens (primary N) is 1. The molecular weight excluding hydrogens is 316 g/mol. The first-order valence-electron chi connectivity index (χ1n) is 7.96. The molecule has 25 heavy (non-hydrogen) atoms. The van der Waals surface area contributed by atoms with Crippen molar-refractivity contribution in [3.63, 3.8) is 0 Å². The van der Waals surface area contributed by atoms with Crippen molar-refractivity contribution in [3.05, 3.63) is 48.2 Å². The molecule has 0 bridgehead atoms. The van der Waals surface area contributed by atoms with E-state index >= 15 is 0 Å². The van der Waals surface area contributed by atoms with Crippen LogP contribution in [0.2, 0.25) is 0 Å². The van der Waals surface area contributed by atoms with Crippen LogP contribution in [-0.2, 0) is 0 Å². The van der Waals surface area contributed by atoms with E-state index < -0.39 is 0 Å². The van der Waals surface area contributed by atoms with E-state index in [1.807, 2.05) is 30.3 Å². The summed E-state index contributed by atoms with van der Waals surface area (Å²) in [6, 6.07) is 13.1. The Kier molecular flexibility index (Phi) is 6.14. The van der Waals surface area contributed by atoms with Crippen molar-refractivity contribution >= 4 is 23.2 Å². The van der Waals surface area contributed by atoms with Crippen molar-refractivity contribution in [3.8, 4) is 6.07 Å². The van der Waals surface area contributed by atoms with E-state index in [4.69, 9.17) is 16.4 Å². The van der Waals surface area contributed by atoms with Gasteiger partial charge < -0.3 is 16.1 Å². The average Bonchev–Trinajstić information content (AvgIpc) is 2.64. The van der Waals surface area contributed by atoms with Gasteiger partial charge in [-0.3, -0.25) is 5.41 Å². The van der Waals surface area contributed by atoms with Gasteiger partial charge in [0.2, 0.25) is 5.96 Å². The lowest BCUT2D eigenvalue weighted by Crippen LogP contribution is -2.49. The number of benzene rings is 1. The zero-order valence-corrected chi connectivity index (χ0v) is 14.3. The van der Waals surface area contributed by atoms with Gasteiger partial charge in [0.25, 0.3) is 0 Å². The Morgan fingerprint density at radius 3 is 2.36 bits per heavy atom. The van der Waals surface area contributed by atoms with Crippen molar-refractivity contribution in [2.45, 2.75) is 13.8 Å². The molecule has 0 aliphatic heterocycles. The highest BCUT2D eigenvalue weighted by Gasteiger charge is 2.11. The predicted octanol–water partition coefficient (Wildman–Crippen LogP) is 2.03. The molecule has 0 unspecified atom stereocenters. The van der Waals surface area contributed by atoms with Crippen molar-refractivity contribution in [1.82, 2.24) is 10.5 Å². The van der Waals surface area contributed by atoms with E-state index in [0.717, 1.165) is 24.5 Å². The molecule has 0 fully saturated rings. The van der Waals surface area contributed by atoms with Crippen LogP contribution in [0, 0.1) is 16.7 Å². The molecule has 1 heterocycles. The summed E-state index contributed by atoms with van der Waals surface area (Å²) in [5.74, 6) is 0.170. The lowest BCUT2D eigenvalue weighted by Gasteiger charge is -2.24. The Bertz CT molecular complexity index is 729. The molecule has 0 aliphatic rings. The summed E-state index contributed by atoms with van der Waals surface area (Å²) >= 11 is 0. The molecule has 1 aromatic carbocycles. The molecule has 2 aromatic rings. The molecule has 0 radical (unpaired) electrons. The van der Waals surface area contributed by atoms with Crippen LogP contribution in [0.25, 0.3) is 0 Å². The number of hydrogen-bond acceptors (Lipinski definition) is 6. The summed E-state index contributed by atoms with van der Waals surface area (Å²) in [6.07, 6.45) is 1.42. The van der Waals surface area contributed by atoms with E-state index in [1.54, 1.807) is 12.1 Å². The highest BCUT2D eigenvalue weighted by molar-refractivity contribution is 5.90. The second-order valence-electron chi connectivity index (χ2n) is 5.19. The summed E-state index contributed by atoms with van der Waals surface area (Å²) in [7, 11) is 0. The molecule has 0 saturated heterocycles. The minimum absolute atomic E-state index is 0.232. The maximum absolute atomic E-state index is 8.82. The van der Waals surface area contributed by atoms with Gasteiger partial charge in [-0.2, -0.15) is 5.26 Å². The van der Waals surface area contributed by atoms with Gasteiger partial charge in [-0.15, -0.1) is 5.53 Å². The number of anilines is 3. The quantitative estimate of drug-likeness (QED) is 0.347. The van der Waals surface area contributed by atoms with Crippen LogP contribution in [0.15, 0.2) is 42.6 Å². The highest BCUT2D eigenvalue weighted by atomic mass is 15.7. The minimum atomic E-state index is -0.232. The molecule has 5 N–H and O–H groups in total. The zero-order valence-electron chi connectivity index (χ0n) is 14.3. The van der Waals surface area contributed by atoms with Gasteiger partial charge in [0.15, 0.2) is 5.82 Å². The molecule has 8 heteroatoms. The van der Waals surface area contributed by atoms with E-state index in [2.05, 4.69) is 34.7 Å². The van der Waals surface area contributed by atoms with Gasteiger partial charge in [0, 0.05) is 25.0 Å². The van der Waals surface area contributed by atoms with E-state index in [9.17, 15) is 0 Å². The first-order chi connectivity index (χ1) is 12.1. The number of guanidine groups is 1. The average molecular weight is 338 g/mol. The number of nitrogens with zero attached hydrogens (tertiary/aromatic N) is 4.